The van der Waals surface area contributed by atoms with Gasteiger partial charge in [-0.2, -0.15) is 8.42 Å². The van der Waals surface area contributed by atoms with Crippen LogP contribution < -0.4 is 0 Å². The molecule has 0 aromatic rings. The van der Waals surface area contributed by atoms with Gasteiger partial charge in [0.2, 0.25) is 0 Å². The molecule has 0 bridgehead atoms. The zero-order valence-electron chi connectivity index (χ0n) is 10.8. The second-order valence-corrected chi connectivity index (χ2v) is 5.91. The molecule has 5 nitrogen and oxygen atoms in total. The first kappa shape index (κ1) is 16.8. The van der Waals surface area contributed by atoms with E-state index in [0.29, 0.717) is 6.54 Å². The number of aliphatic hydroxyl groups is 1. The van der Waals surface area contributed by atoms with Crippen LogP contribution >= 0.6 is 0 Å². The van der Waals surface area contributed by atoms with Crippen molar-refractivity contribution in [1.82, 2.24) is 4.90 Å². The Kier molecular flexibility index (Phi) is 8.77. The van der Waals surface area contributed by atoms with Gasteiger partial charge >= 0.3 is 0 Å². The van der Waals surface area contributed by atoms with E-state index in [4.69, 9.17) is 4.55 Å². The highest BCUT2D eigenvalue weighted by Crippen LogP contribution is 2.02. The summed E-state index contributed by atoms with van der Waals surface area (Å²) in [4.78, 5) is 2.06. The Balaban J connectivity index is 4.11. The third kappa shape index (κ3) is 10.7. The average Bonchev–Trinajstić information content (AvgIpc) is 2.19. The Morgan fingerprint density at radius 1 is 1.12 bits per heavy atom. The molecule has 1 unspecified atom stereocenters. The van der Waals surface area contributed by atoms with E-state index in [1.165, 1.54) is 0 Å². The van der Waals surface area contributed by atoms with Crippen LogP contribution in [0.2, 0.25) is 0 Å². The summed E-state index contributed by atoms with van der Waals surface area (Å²) >= 11 is 0. The van der Waals surface area contributed by atoms with Crippen LogP contribution in [0, 0.1) is 0 Å². The fourth-order valence-corrected chi connectivity index (χ4v) is 2.24. The predicted molar refractivity (Wildman–Crippen MR) is 68.7 cm³/mol. The van der Waals surface area contributed by atoms with Gasteiger partial charge < -0.3 is 10.0 Å². The van der Waals surface area contributed by atoms with E-state index in [-0.39, 0.29) is 0 Å². The number of unbranched alkanes of at least 4 members (excludes halogenated alkanes) is 2. The molecule has 6 heteroatoms. The molecule has 0 aliphatic rings. The van der Waals surface area contributed by atoms with Crippen molar-refractivity contribution in [2.45, 2.75) is 45.6 Å². The topological polar surface area (TPSA) is 77.8 Å². The molecule has 0 aromatic carbocycles. The highest BCUT2D eigenvalue weighted by molar-refractivity contribution is 7.85. The molecule has 0 spiro atoms. The van der Waals surface area contributed by atoms with Gasteiger partial charge in [0.25, 0.3) is 10.1 Å². The van der Waals surface area contributed by atoms with Gasteiger partial charge in [-0.25, -0.2) is 0 Å². The molecule has 17 heavy (non-hydrogen) atoms. The first-order chi connectivity index (χ1) is 7.89. The molecule has 1 atom stereocenters. The largest absolute Gasteiger partial charge is 0.391 e. The van der Waals surface area contributed by atoms with Crippen molar-refractivity contribution in [1.29, 1.82) is 0 Å². The molecule has 0 saturated heterocycles. The lowest BCUT2D eigenvalue weighted by molar-refractivity contribution is 0.125. The van der Waals surface area contributed by atoms with E-state index in [0.717, 1.165) is 38.8 Å². The molecular formula is C11H25NO4S. The Labute approximate surface area is 105 Å². The summed E-state index contributed by atoms with van der Waals surface area (Å²) in [5.41, 5.74) is 0. The fraction of sp³-hybridized carbons (Fsp3) is 1.00. The summed E-state index contributed by atoms with van der Waals surface area (Å²) in [7, 11) is -4.09. The minimum Gasteiger partial charge on any atom is -0.391 e. The van der Waals surface area contributed by atoms with E-state index in [2.05, 4.69) is 18.7 Å². The van der Waals surface area contributed by atoms with E-state index >= 15 is 0 Å². The minimum atomic E-state index is -4.09. The third-order valence-corrected chi connectivity index (χ3v) is 3.33. The average molecular weight is 267 g/mol. The first-order valence-electron chi connectivity index (χ1n) is 6.24. The maximum Gasteiger partial charge on any atom is 0.267 e. The second kappa shape index (κ2) is 8.85. The molecule has 0 aliphatic carbocycles. The lowest BCUT2D eigenvalue weighted by Crippen LogP contribution is -2.37. The molecular weight excluding hydrogens is 242 g/mol. The highest BCUT2D eigenvalue weighted by atomic mass is 32.2. The van der Waals surface area contributed by atoms with Crippen molar-refractivity contribution in [2.24, 2.45) is 0 Å². The van der Waals surface area contributed by atoms with E-state index in [9.17, 15) is 13.5 Å². The second-order valence-electron chi connectivity index (χ2n) is 4.41. The maximum atomic E-state index is 10.6. The number of hydrogen-bond acceptors (Lipinski definition) is 4. The van der Waals surface area contributed by atoms with Crippen LogP contribution in [-0.2, 0) is 10.1 Å². The van der Waals surface area contributed by atoms with Crippen molar-refractivity contribution in [3.05, 3.63) is 0 Å². The van der Waals surface area contributed by atoms with Crippen LogP contribution in [0.25, 0.3) is 0 Å². The number of aliphatic hydroxyl groups excluding tert-OH is 1. The van der Waals surface area contributed by atoms with Crippen molar-refractivity contribution < 1.29 is 18.1 Å². The molecule has 0 amide bonds. The van der Waals surface area contributed by atoms with Crippen molar-refractivity contribution >= 4 is 10.1 Å². The molecule has 0 aromatic heterocycles. The zero-order valence-corrected chi connectivity index (χ0v) is 11.6. The smallest absolute Gasteiger partial charge is 0.267 e. The van der Waals surface area contributed by atoms with Gasteiger partial charge in [-0.15, -0.1) is 0 Å². The molecule has 0 fully saturated rings. The summed E-state index contributed by atoms with van der Waals surface area (Å²) < 4.78 is 29.9. The van der Waals surface area contributed by atoms with Gasteiger partial charge in [-0.05, 0) is 25.9 Å². The lowest BCUT2D eigenvalue weighted by atomic mass is 10.2. The van der Waals surface area contributed by atoms with Crippen LogP contribution in [0.5, 0.6) is 0 Å². The van der Waals surface area contributed by atoms with E-state index in [1.54, 1.807) is 0 Å². The van der Waals surface area contributed by atoms with Crippen LogP contribution in [0.1, 0.15) is 39.5 Å². The van der Waals surface area contributed by atoms with Crippen LogP contribution in [0.3, 0.4) is 0 Å². The molecule has 0 radical (unpaired) electrons. The summed E-state index contributed by atoms with van der Waals surface area (Å²) in [5, 5.41) is 9.57. The van der Waals surface area contributed by atoms with Crippen molar-refractivity contribution in [3.63, 3.8) is 0 Å². The van der Waals surface area contributed by atoms with Crippen molar-refractivity contribution in [2.75, 3.05) is 25.4 Å². The van der Waals surface area contributed by atoms with Gasteiger partial charge in [0, 0.05) is 6.54 Å². The molecule has 0 saturated carbocycles. The van der Waals surface area contributed by atoms with Gasteiger partial charge in [-0.3, -0.25) is 4.55 Å². The maximum absolute atomic E-state index is 10.6. The minimum absolute atomic E-state index is 0.305. The monoisotopic (exact) mass is 267 g/mol. The van der Waals surface area contributed by atoms with Crippen LogP contribution in [-0.4, -0.2) is 54.5 Å². The quantitative estimate of drug-likeness (QED) is 0.580. The van der Waals surface area contributed by atoms with Gasteiger partial charge in [0.15, 0.2) is 0 Å². The van der Waals surface area contributed by atoms with Gasteiger partial charge in [-0.1, -0.05) is 26.7 Å². The lowest BCUT2D eigenvalue weighted by Gasteiger charge is -2.24. The summed E-state index contributed by atoms with van der Waals surface area (Å²) in [5.74, 6) is -0.582. The summed E-state index contributed by atoms with van der Waals surface area (Å²) in [6, 6.07) is 0. The SMILES string of the molecule is CCCCN(CCCC)CC(O)CS(=O)(=O)O. The third-order valence-electron chi connectivity index (χ3n) is 2.53. The molecule has 0 aliphatic heterocycles. The number of rotatable bonds is 10. The summed E-state index contributed by atoms with van der Waals surface area (Å²) in [6.07, 6.45) is 3.18. The van der Waals surface area contributed by atoms with Crippen LogP contribution in [0.15, 0.2) is 0 Å². The zero-order chi connectivity index (χ0) is 13.3. The highest BCUT2D eigenvalue weighted by Gasteiger charge is 2.17. The first-order valence-corrected chi connectivity index (χ1v) is 7.85. The Bertz CT molecular complexity index is 271. The van der Waals surface area contributed by atoms with Crippen molar-refractivity contribution in [3.8, 4) is 0 Å². The Morgan fingerprint density at radius 3 is 1.94 bits per heavy atom. The van der Waals surface area contributed by atoms with E-state index in [1.807, 2.05) is 0 Å². The van der Waals surface area contributed by atoms with Gasteiger partial charge in [0.05, 0.1) is 6.10 Å². The Morgan fingerprint density at radius 2 is 1.59 bits per heavy atom. The molecule has 2 N–H and O–H groups in total. The number of hydrogen-bond donors (Lipinski definition) is 2. The molecule has 0 heterocycles. The number of nitrogens with zero attached hydrogens (tertiary/aromatic N) is 1. The van der Waals surface area contributed by atoms with E-state index < -0.39 is 22.0 Å². The molecule has 0 rings (SSSR count). The normalized spacial score (nSPS) is 14.2. The van der Waals surface area contributed by atoms with Crippen LogP contribution in [0.4, 0.5) is 0 Å². The summed E-state index contributed by atoms with van der Waals surface area (Å²) in [6.45, 7) is 6.21. The fourth-order valence-electron chi connectivity index (χ4n) is 1.65. The Hall–Kier alpha value is -0.170. The standard InChI is InChI=1S/C11H25NO4S/c1-3-5-7-12(8-6-4-2)9-11(13)10-17(14,15)16/h11,13H,3-10H2,1-2H3,(H,14,15,16). The molecule has 104 valence electrons. The van der Waals surface area contributed by atoms with Gasteiger partial charge in [0.1, 0.15) is 5.75 Å². The predicted octanol–water partition coefficient (Wildman–Crippen LogP) is 1.14.